The first kappa shape index (κ1) is 17.3. The maximum Gasteiger partial charge on any atom is 0.190 e. The Morgan fingerprint density at radius 3 is 2.76 bits per heavy atom. The molecule has 0 aliphatic rings. The van der Waals surface area contributed by atoms with Crippen molar-refractivity contribution in [3.63, 3.8) is 0 Å². The van der Waals surface area contributed by atoms with E-state index < -0.39 is 0 Å². The van der Waals surface area contributed by atoms with Gasteiger partial charge in [0.15, 0.2) is 5.96 Å². The fourth-order valence-electron chi connectivity index (χ4n) is 2.75. The van der Waals surface area contributed by atoms with Crippen molar-refractivity contribution in [3.05, 3.63) is 65.1 Å². The lowest BCUT2D eigenvalue weighted by Gasteiger charge is -2.11. The molecule has 0 aliphatic carbocycles. The highest BCUT2D eigenvalue weighted by Crippen LogP contribution is 2.22. The number of aliphatic imine (C=N–C) groups is 1. The number of aromatic amines is 1. The lowest BCUT2D eigenvalue weighted by atomic mass is 10.1. The largest absolute Gasteiger partial charge is 0.361 e. The van der Waals surface area contributed by atoms with Crippen molar-refractivity contribution in [2.45, 2.75) is 12.8 Å². The first-order chi connectivity index (χ1) is 12.3. The molecule has 3 N–H and O–H groups in total. The second-order valence-electron chi connectivity index (χ2n) is 5.75. The van der Waals surface area contributed by atoms with Crippen LogP contribution in [0.1, 0.15) is 11.3 Å². The van der Waals surface area contributed by atoms with Gasteiger partial charge in [0.25, 0.3) is 0 Å². The van der Waals surface area contributed by atoms with Crippen LogP contribution in [0.2, 0.25) is 5.02 Å². The van der Waals surface area contributed by atoms with E-state index in [1.165, 1.54) is 10.9 Å². The highest BCUT2D eigenvalue weighted by molar-refractivity contribution is 6.31. The van der Waals surface area contributed by atoms with Crippen LogP contribution in [0.5, 0.6) is 0 Å². The topological polar surface area (TPSA) is 65.1 Å². The van der Waals surface area contributed by atoms with Gasteiger partial charge in [-0.1, -0.05) is 17.7 Å². The minimum absolute atomic E-state index is 0.758. The lowest BCUT2D eigenvalue weighted by Crippen LogP contribution is -2.39. The van der Waals surface area contributed by atoms with E-state index in [0.717, 1.165) is 48.1 Å². The summed E-state index contributed by atoms with van der Waals surface area (Å²) in [5, 5.41) is 8.59. The number of nitrogens with zero attached hydrogens (tertiary/aromatic N) is 2. The fraction of sp³-hybridized carbons (Fsp3) is 0.263. The van der Waals surface area contributed by atoms with Crippen LogP contribution in [0.3, 0.4) is 0 Å². The molecule has 130 valence electrons. The lowest BCUT2D eigenvalue weighted by molar-refractivity contribution is 0.777. The number of pyridine rings is 1. The van der Waals surface area contributed by atoms with Crippen LogP contribution in [-0.4, -0.2) is 36.1 Å². The van der Waals surface area contributed by atoms with Gasteiger partial charge >= 0.3 is 0 Å². The SMILES string of the molecule is CN=C(NCCc1ccccn1)NCCc1c[nH]c2ccc(Cl)cc12. The third-order valence-electron chi connectivity index (χ3n) is 4.04. The van der Waals surface area contributed by atoms with Gasteiger partial charge in [0.1, 0.15) is 0 Å². The summed E-state index contributed by atoms with van der Waals surface area (Å²) >= 11 is 6.10. The fourth-order valence-corrected chi connectivity index (χ4v) is 2.92. The van der Waals surface area contributed by atoms with Gasteiger partial charge < -0.3 is 15.6 Å². The standard InChI is InChI=1S/C19H22ClN5/c1-21-19(24-11-8-16-4-2-3-9-22-16)23-10-7-14-13-25-18-6-5-15(20)12-17(14)18/h2-6,9,12-13,25H,7-8,10-11H2,1H3,(H2,21,23,24). The summed E-state index contributed by atoms with van der Waals surface area (Å²) in [5.74, 6) is 0.800. The molecule has 0 unspecified atom stereocenters. The third kappa shape index (κ3) is 4.73. The first-order valence-electron chi connectivity index (χ1n) is 8.36. The summed E-state index contributed by atoms with van der Waals surface area (Å²) in [6.07, 6.45) is 5.61. The number of fused-ring (bicyclic) bond motifs is 1. The molecule has 2 aromatic heterocycles. The normalized spacial score (nSPS) is 11.7. The number of halogens is 1. The number of rotatable bonds is 6. The van der Waals surface area contributed by atoms with Gasteiger partial charge in [-0.3, -0.25) is 9.98 Å². The quantitative estimate of drug-likeness (QED) is 0.470. The van der Waals surface area contributed by atoms with E-state index in [1.807, 2.05) is 48.8 Å². The Hall–Kier alpha value is -2.53. The van der Waals surface area contributed by atoms with E-state index in [4.69, 9.17) is 11.6 Å². The van der Waals surface area contributed by atoms with Crippen molar-refractivity contribution >= 4 is 28.5 Å². The summed E-state index contributed by atoms with van der Waals surface area (Å²) < 4.78 is 0. The van der Waals surface area contributed by atoms with Crippen LogP contribution >= 0.6 is 11.6 Å². The van der Waals surface area contributed by atoms with Crippen molar-refractivity contribution in [2.24, 2.45) is 4.99 Å². The van der Waals surface area contributed by atoms with E-state index in [-0.39, 0.29) is 0 Å². The summed E-state index contributed by atoms with van der Waals surface area (Å²) in [6.45, 7) is 1.59. The molecule has 0 saturated carbocycles. The Kier molecular flexibility index (Phi) is 5.90. The Morgan fingerprint density at radius 2 is 2.00 bits per heavy atom. The van der Waals surface area contributed by atoms with Gasteiger partial charge in [-0.15, -0.1) is 0 Å². The number of hydrogen-bond donors (Lipinski definition) is 3. The molecule has 25 heavy (non-hydrogen) atoms. The summed E-state index contributed by atoms with van der Waals surface area (Å²) in [4.78, 5) is 11.9. The molecule has 1 aromatic carbocycles. The Labute approximate surface area is 152 Å². The summed E-state index contributed by atoms with van der Waals surface area (Å²) in [7, 11) is 1.78. The summed E-state index contributed by atoms with van der Waals surface area (Å²) in [5.41, 5.74) is 3.42. The van der Waals surface area contributed by atoms with Crippen molar-refractivity contribution < 1.29 is 0 Å². The smallest absolute Gasteiger partial charge is 0.190 e. The molecular formula is C19H22ClN5. The third-order valence-corrected chi connectivity index (χ3v) is 4.27. The minimum atomic E-state index is 0.758. The van der Waals surface area contributed by atoms with Gasteiger partial charge in [0.05, 0.1) is 0 Å². The highest BCUT2D eigenvalue weighted by atomic mass is 35.5. The van der Waals surface area contributed by atoms with Crippen molar-refractivity contribution in [1.29, 1.82) is 0 Å². The minimum Gasteiger partial charge on any atom is -0.361 e. The number of H-pyrrole nitrogens is 1. The Morgan fingerprint density at radius 1 is 1.16 bits per heavy atom. The molecule has 2 heterocycles. The predicted octanol–water partition coefficient (Wildman–Crippen LogP) is 3.17. The molecule has 0 amide bonds. The van der Waals surface area contributed by atoms with Crippen LogP contribution in [0.4, 0.5) is 0 Å². The maximum atomic E-state index is 6.10. The van der Waals surface area contributed by atoms with E-state index in [2.05, 4.69) is 25.6 Å². The molecule has 3 aromatic rings. The molecule has 0 saturated heterocycles. The molecule has 0 spiro atoms. The molecule has 0 bridgehead atoms. The van der Waals surface area contributed by atoms with Gasteiger partial charge in [0, 0.05) is 60.6 Å². The zero-order valence-corrected chi connectivity index (χ0v) is 15.0. The van der Waals surface area contributed by atoms with Crippen LogP contribution in [0.25, 0.3) is 10.9 Å². The number of guanidine groups is 1. The van der Waals surface area contributed by atoms with E-state index in [0.29, 0.717) is 0 Å². The van der Waals surface area contributed by atoms with Crippen molar-refractivity contribution in [3.8, 4) is 0 Å². The number of aromatic nitrogens is 2. The van der Waals surface area contributed by atoms with Crippen LogP contribution < -0.4 is 10.6 Å². The molecule has 6 heteroatoms. The number of hydrogen-bond acceptors (Lipinski definition) is 2. The van der Waals surface area contributed by atoms with Crippen molar-refractivity contribution in [2.75, 3.05) is 20.1 Å². The first-order valence-corrected chi connectivity index (χ1v) is 8.74. The van der Waals surface area contributed by atoms with Crippen LogP contribution in [0.15, 0.2) is 53.8 Å². The molecule has 0 fully saturated rings. The van der Waals surface area contributed by atoms with E-state index in [9.17, 15) is 0 Å². The Balaban J connectivity index is 1.47. The predicted molar refractivity (Wildman–Crippen MR) is 104 cm³/mol. The zero-order valence-electron chi connectivity index (χ0n) is 14.2. The summed E-state index contributed by atoms with van der Waals surface area (Å²) in [6, 6.07) is 11.9. The van der Waals surface area contributed by atoms with Crippen LogP contribution in [-0.2, 0) is 12.8 Å². The average molecular weight is 356 g/mol. The van der Waals surface area contributed by atoms with Gasteiger partial charge in [0.2, 0.25) is 0 Å². The molecule has 0 aliphatic heterocycles. The zero-order chi connectivity index (χ0) is 17.5. The van der Waals surface area contributed by atoms with Crippen LogP contribution in [0, 0.1) is 0 Å². The number of nitrogens with one attached hydrogen (secondary N) is 3. The molecule has 0 radical (unpaired) electrons. The van der Waals surface area contributed by atoms with Crippen molar-refractivity contribution in [1.82, 2.24) is 20.6 Å². The highest BCUT2D eigenvalue weighted by Gasteiger charge is 2.05. The monoisotopic (exact) mass is 355 g/mol. The Bertz CT molecular complexity index is 841. The van der Waals surface area contributed by atoms with Gasteiger partial charge in [-0.2, -0.15) is 0 Å². The second-order valence-corrected chi connectivity index (χ2v) is 6.19. The van der Waals surface area contributed by atoms with Gasteiger partial charge in [-0.25, -0.2) is 0 Å². The number of benzene rings is 1. The maximum absolute atomic E-state index is 6.10. The molecule has 5 nitrogen and oxygen atoms in total. The molecular weight excluding hydrogens is 334 g/mol. The molecule has 0 atom stereocenters. The second kappa shape index (κ2) is 8.53. The van der Waals surface area contributed by atoms with E-state index in [1.54, 1.807) is 7.05 Å². The molecule has 3 rings (SSSR count). The van der Waals surface area contributed by atoms with Gasteiger partial charge in [-0.05, 0) is 42.3 Å². The van der Waals surface area contributed by atoms with E-state index >= 15 is 0 Å². The average Bonchev–Trinajstić information content (AvgIpc) is 3.03.